The van der Waals surface area contributed by atoms with Crippen molar-refractivity contribution in [2.45, 2.75) is 26.2 Å². The van der Waals surface area contributed by atoms with E-state index < -0.39 is 4.92 Å². The molecule has 158 valence electrons. The Morgan fingerprint density at radius 3 is 2.40 bits per heavy atom. The molecule has 9 heteroatoms. The van der Waals surface area contributed by atoms with E-state index in [2.05, 4.69) is 14.8 Å². The van der Waals surface area contributed by atoms with E-state index in [0.29, 0.717) is 37.7 Å². The van der Waals surface area contributed by atoms with E-state index in [1.165, 1.54) is 31.4 Å². The molecule has 2 aliphatic rings. The number of carbonyl (C=O) groups is 1. The molecule has 3 heterocycles. The topological polar surface area (TPSA) is 95.7 Å². The standard InChI is InChI=1S/C21H26N6O3/c1-16-14-19(24-8-3-2-4-9-24)23-21(22-16)26-12-10-25(11-13-26)20(28)17-6-5-7-18(15-17)27(29)30/h5-7,14-15H,2-4,8-13H2,1H3. The predicted octanol–water partition coefficient (Wildman–Crippen LogP) is 2.65. The average molecular weight is 410 g/mol. The zero-order valence-corrected chi connectivity index (χ0v) is 17.2. The van der Waals surface area contributed by atoms with E-state index >= 15 is 0 Å². The maximum absolute atomic E-state index is 12.8. The lowest BCUT2D eigenvalue weighted by molar-refractivity contribution is -0.384. The zero-order chi connectivity index (χ0) is 21.1. The number of non-ortho nitro benzene ring substituents is 1. The first-order valence-electron chi connectivity index (χ1n) is 10.4. The van der Waals surface area contributed by atoms with Crippen molar-refractivity contribution >= 4 is 23.4 Å². The quantitative estimate of drug-likeness (QED) is 0.565. The molecule has 0 atom stereocenters. The minimum atomic E-state index is -0.482. The predicted molar refractivity (Wildman–Crippen MR) is 114 cm³/mol. The van der Waals surface area contributed by atoms with Crippen LogP contribution in [0.1, 0.15) is 35.3 Å². The summed E-state index contributed by atoms with van der Waals surface area (Å²) in [6.45, 7) is 6.35. The van der Waals surface area contributed by atoms with E-state index in [-0.39, 0.29) is 11.6 Å². The SMILES string of the molecule is Cc1cc(N2CCCCC2)nc(N2CCN(C(=O)c3cccc([N+](=O)[O-])c3)CC2)n1. The van der Waals surface area contributed by atoms with Crippen LogP contribution in [-0.4, -0.2) is 65.0 Å². The van der Waals surface area contributed by atoms with Crippen molar-refractivity contribution in [3.63, 3.8) is 0 Å². The van der Waals surface area contributed by atoms with Crippen LogP contribution in [0, 0.1) is 17.0 Å². The van der Waals surface area contributed by atoms with Crippen LogP contribution in [0.5, 0.6) is 0 Å². The van der Waals surface area contributed by atoms with Crippen LogP contribution in [0.2, 0.25) is 0 Å². The molecule has 30 heavy (non-hydrogen) atoms. The van der Waals surface area contributed by atoms with E-state index in [4.69, 9.17) is 4.98 Å². The third kappa shape index (κ3) is 4.34. The first-order chi connectivity index (χ1) is 14.5. The summed E-state index contributed by atoms with van der Waals surface area (Å²) in [5.41, 5.74) is 1.21. The van der Waals surface area contributed by atoms with Crippen LogP contribution in [-0.2, 0) is 0 Å². The number of anilines is 2. The maximum Gasteiger partial charge on any atom is 0.270 e. The number of benzene rings is 1. The third-order valence-electron chi connectivity index (χ3n) is 5.66. The van der Waals surface area contributed by atoms with Gasteiger partial charge in [0, 0.05) is 68.7 Å². The van der Waals surface area contributed by atoms with Gasteiger partial charge in [-0.1, -0.05) is 6.07 Å². The van der Waals surface area contributed by atoms with Gasteiger partial charge in [0.05, 0.1) is 4.92 Å². The van der Waals surface area contributed by atoms with Gasteiger partial charge in [0.1, 0.15) is 5.82 Å². The largest absolute Gasteiger partial charge is 0.356 e. The zero-order valence-electron chi connectivity index (χ0n) is 17.2. The number of piperazine rings is 1. The number of aryl methyl sites for hydroxylation is 1. The van der Waals surface area contributed by atoms with Gasteiger partial charge < -0.3 is 14.7 Å². The molecule has 0 N–H and O–H groups in total. The Bertz CT molecular complexity index is 936. The molecule has 0 unspecified atom stereocenters. The highest BCUT2D eigenvalue weighted by Gasteiger charge is 2.25. The molecule has 1 amide bonds. The van der Waals surface area contributed by atoms with Gasteiger partial charge in [0.15, 0.2) is 0 Å². The van der Waals surface area contributed by atoms with Crippen molar-refractivity contribution in [1.29, 1.82) is 0 Å². The number of amides is 1. The Balaban J connectivity index is 1.43. The van der Waals surface area contributed by atoms with E-state index in [1.807, 2.05) is 13.0 Å². The summed E-state index contributed by atoms with van der Waals surface area (Å²) >= 11 is 0. The molecule has 1 aromatic carbocycles. The summed E-state index contributed by atoms with van der Waals surface area (Å²) in [7, 11) is 0. The molecule has 2 fully saturated rings. The lowest BCUT2D eigenvalue weighted by atomic mass is 10.1. The van der Waals surface area contributed by atoms with Crippen molar-refractivity contribution in [1.82, 2.24) is 14.9 Å². The Morgan fingerprint density at radius 2 is 1.70 bits per heavy atom. The first-order valence-corrected chi connectivity index (χ1v) is 10.4. The van der Waals surface area contributed by atoms with Crippen LogP contribution >= 0.6 is 0 Å². The molecule has 4 rings (SSSR count). The molecule has 2 aliphatic heterocycles. The Labute approximate surface area is 175 Å². The van der Waals surface area contributed by atoms with Crippen LogP contribution in [0.25, 0.3) is 0 Å². The van der Waals surface area contributed by atoms with Crippen LogP contribution < -0.4 is 9.80 Å². The number of nitrogens with zero attached hydrogens (tertiary/aromatic N) is 6. The summed E-state index contributed by atoms with van der Waals surface area (Å²) in [4.78, 5) is 38.9. The summed E-state index contributed by atoms with van der Waals surface area (Å²) in [6.07, 6.45) is 3.65. The minimum absolute atomic E-state index is 0.0714. The fourth-order valence-corrected chi connectivity index (χ4v) is 4.01. The Morgan fingerprint density at radius 1 is 0.967 bits per heavy atom. The summed E-state index contributed by atoms with van der Waals surface area (Å²) in [5.74, 6) is 1.50. The minimum Gasteiger partial charge on any atom is -0.356 e. The summed E-state index contributed by atoms with van der Waals surface area (Å²) in [5, 5.41) is 11.0. The monoisotopic (exact) mass is 410 g/mol. The molecule has 0 radical (unpaired) electrons. The van der Waals surface area contributed by atoms with Gasteiger partial charge >= 0.3 is 0 Å². The molecule has 2 aromatic rings. The average Bonchev–Trinajstić information content (AvgIpc) is 2.79. The molecule has 9 nitrogen and oxygen atoms in total. The van der Waals surface area contributed by atoms with E-state index in [9.17, 15) is 14.9 Å². The van der Waals surface area contributed by atoms with Gasteiger partial charge in [0.25, 0.3) is 11.6 Å². The van der Waals surface area contributed by atoms with Gasteiger partial charge in [-0.05, 0) is 32.3 Å². The highest BCUT2D eigenvalue weighted by Crippen LogP contribution is 2.22. The summed E-state index contributed by atoms with van der Waals surface area (Å²) in [6, 6.07) is 7.94. The second kappa shape index (κ2) is 8.64. The second-order valence-corrected chi connectivity index (χ2v) is 7.80. The number of carbonyl (C=O) groups excluding carboxylic acids is 1. The van der Waals surface area contributed by atoms with Gasteiger partial charge in [-0.3, -0.25) is 14.9 Å². The molecule has 2 saturated heterocycles. The Hall–Kier alpha value is -3.23. The number of hydrogen-bond donors (Lipinski definition) is 0. The van der Waals surface area contributed by atoms with Crippen molar-refractivity contribution in [3.05, 3.63) is 51.7 Å². The van der Waals surface area contributed by atoms with Gasteiger partial charge in [-0.2, -0.15) is 4.98 Å². The number of nitro groups is 1. The number of aromatic nitrogens is 2. The highest BCUT2D eigenvalue weighted by atomic mass is 16.6. The lowest BCUT2D eigenvalue weighted by Gasteiger charge is -2.35. The number of rotatable bonds is 4. The molecule has 0 saturated carbocycles. The molecule has 0 bridgehead atoms. The van der Waals surface area contributed by atoms with Crippen molar-refractivity contribution in [2.24, 2.45) is 0 Å². The first kappa shape index (κ1) is 20.1. The van der Waals surface area contributed by atoms with Gasteiger partial charge in [-0.15, -0.1) is 0 Å². The van der Waals surface area contributed by atoms with Crippen LogP contribution in [0.15, 0.2) is 30.3 Å². The fraction of sp³-hybridized carbons (Fsp3) is 0.476. The molecular formula is C21H26N6O3. The third-order valence-corrected chi connectivity index (χ3v) is 5.66. The molecule has 1 aromatic heterocycles. The highest BCUT2D eigenvalue weighted by molar-refractivity contribution is 5.95. The number of hydrogen-bond acceptors (Lipinski definition) is 7. The molecular weight excluding hydrogens is 384 g/mol. The maximum atomic E-state index is 12.8. The normalized spacial score (nSPS) is 17.2. The number of nitro benzene ring substituents is 1. The smallest absolute Gasteiger partial charge is 0.270 e. The Kier molecular flexibility index (Phi) is 5.78. The van der Waals surface area contributed by atoms with Crippen molar-refractivity contribution < 1.29 is 9.72 Å². The lowest BCUT2D eigenvalue weighted by Crippen LogP contribution is -2.49. The van der Waals surface area contributed by atoms with E-state index in [0.717, 1.165) is 24.6 Å². The summed E-state index contributed by atoms with van der Waals surface area (Å²) < 4.78 is 0. The van der Waals surface area contributed by atoms with Gasteiger partial charge in [0.2, 0.25) is 5.95 Å². The molecule has 0 spiro atoms. The van der Waals surface area contributed by atoms with E-state index in [1.54, 1.807) is 17.0 Å². The van der Waals surface area contributed by atoms with Gasteiger partial charge in [-0.25, -0.2) is 4.98 Å². The van der Waals surface area contributed by atoms with Crippen LogP contribution in [0.4, 0.5) is 17.5 Å². The fourth-order valence-electron chi connectivity index (χ4n) is 4.01. The van der Waals surface area contributed by atoms with Crippen molar-refractivity contribution in [2.75, 3.05) is 49.1 Å². The van der Waals surface area contributed by atoms with Crippen LogP contribution in [0.3, 0.4) is 0 Å². The second-order valence-electron chi connectivity index (χ2n) is 7.80. The number of piperidine rings is 1. The van der Waals surface area contributed by atoms with Crippen molar-refractivity contribution in [3.8, 4) is 0 Å². The molecule has 0 aliphatic carbocycles.